The van der Waals surface area contributed by atoms with Gasteiger partial charge >= 0.3 is 0 Å². The number of halogens is 3. The fourth-order valence-corrected chi connectivity index (χ4v) is 2.12. The fourth-order valence-electron chi connectivity index (χ4n) is 1.37. The first-order chi connectivity index (χ1) is 8.60. The lowest BCUT2D eigenvalue weighted by Crippen LogP contribution is -2.01. The largest absolute Gasteiger partial charge is 0.378 e. The molecule has 0 saturated heterocycles. The second kappa shape index (κ2) is 5.10. The molecule has 2 aromatic rings. The van der Waals surface area contributed by atoms with Crippen molar-refractivity contribution in [2.24, 2.45) is 0 Å². The number of nitrogens with one attached hydrogen (secondary N) is 1. The third kappa shape index (κ3) is 2.63. The van der Waals surface area contributed by atoms with Crippen molar-refractivity contribution >= 4 is 17.0 Å². The van der Waals surface area contributed by atoms with Crippen LogP contribution < -0.4 is 5.32 Å². The number of hydrogen-bond acceptors (Lipinski definition) is 3. The highest BCUT2D eigenvalue weighted by atomic mass is 32.1. The van der Waals surface area contributed by atoms with Crippen molar-refractivity contribution in [3.8, 4) is 6.07 Å². The molecule has 0 radical (unpaired) electrons. The van der Waals surface area contributed by atoms with E-state index < -0.39 is 17.5 Å². The molecule has 0 atom stereocenters. The normalized spacial score (nSPS) is 10.1. The van der Waals surface area contributed by atoms with Gasteiger partial charge in [-0.25, -0.2) is 13.2 Å². The molecule has 0 unspecified atom stereocenters. The van der Waals surface area contributed by atoms with Crippen molar-refractivity contribution in [3.05, 3.63) is 51.5 Å². The zero-order valence-electron chi connectivity index (χ0n) is 9.01. The van der Waals surface area contributed by atoms with Gasteiger partial charge in [0.2, 0.25) is 0 Å². The lowest BCUT2D eigenvalue weighted by molar-refractivity contribution is 0.496. The van der Waals surface area contributed by atoms with E-state index in [1.54, 1.807) is 12.1 Å². The van der Waals surface area contributed by atoms with Crippen molar-refractivity contribution in [2.75, 3.05) is 5.32 Å². The van der Waals surface area contributed by atoms with Crippen molar-refractivity contribution in [3.63, 3.8) is 0 Å². The SMILES string of the molecule is N#Cc1ccc(CNc2cc(F)c(F)cc2F)s1. The Labute approximate surface area is 105 Å². The summed E-state index contributed by atoms with van der Waals surface area (Å²) in [7, 11) is 0. The van der Waals surface area contributed by atoms with Crippen molar-refractivity contribution in [2.45, 2.75) is 6.54 Å². The summed E-state index contributed by atoms with van der Waals surface area (Å²) in [4.78, 5) is 1.34. The molecule has 0 fully saturated rings. The van der Waals surface area contributed by atoms with E-state index in [9.17, 15) is 13.2 Å². The van der Waals surface area contributed by atoms with Gasteiger partial charge < -0.3 is 5.32 Å². The van der Waals surface area contributed by atoms with Crippen LogP contribution in [0.5, 0.6) is 0 Å². The molecule has 1 aromatic carbocycles. The van der Waals surface area contributed by atoms with Crippen LogP contribution in [0.1, 0.15) is 9.75 Å². The highest BCUT2D eigenvalue weighted by Gasteiger charge is 2.09. The minimum atomic E-state index is -1.22. The second-order valence-corrected chi connectivity index (χ2v) is 4.65. The molecule has 1 aromatic heterocycles. The molecule has 0 spiro atoms. The van der Waals surface area contributed by atoms with E-state index in [1.165, 1.54) is 11.3 Å². The van der Waals surface area contributed by atoms with E-state index in [2.05, 4.69) is 5.32 Å². The molecule has 0 aliphatic carbocycles. The molecule has 0 bridgehead atoms. The summed E-state index contributed by atoms with van der Waals surface area (Å²) in [5.41, 5.74) is -0.110. The molecule has 1 N–H and O–H groups in total. The van der Waals surface area contributed by atoms with E-state index in [4.69, 9.17) is 5.26 Å². The summed E-state index contributed by atoms with van der Waals surface area (Å²) >= 11 is 1.25. The first-order valence-electron chi connectivity index (χ1n) is 4.97. The third-order valence-electron chi connectivity index (χ3n) is 2.23. The summed E-state index contributed by atoms with van der Waals surface area (Å²) < 4.78 is 38.9. The lowest BCUT2D eigenvalue weighted by Gasteiger charge is -2.06. The molecular weight excluding hydrogens is 261 g/mol. The average molecular weight is 268 g/mol. The molecule has 18 heavy (non-hydrogen) atoms. The van der Waals surface area contributed by atoms with E-state index in [0.29, 0.717) is 10.9 Å². The van der Waals surface area contributed by atoms with Gasteiger partial charge in [-0.05, 0) is 12.1 Å². The zero-order valence-corrected chi connectivity index (χ0v) is 9.82. The quantitative estimate of drug-likeness (QED) is 0.862. The summed E-state index contributed by atoms with van der Waals surface area (Å²) in [5.74, 6) is -3.19. The molecular formula is C12H7F3N2S. The third-order valence-corrected chi connectivity index (χ3v) is 3.22. The molecule has 2 nitrogen and oxygen atoms in total. The molecule has 2 rings (SSSR count). The Morgan fingerprint density at radius 3 is 2.50 bits per heavy atom. The molecule has 0 aliphatic rings. The van der Waals surface area contributed by atoms with Crippen LogP contribution >= 0.6 is 11.3 Å². The van der Waals surface area contributed by atoms with Gasteiger partial charge in [0, 0.05) is 23.6 Å². The van der Waals surface area contributed by atoms with Gasteiger partial charge in [-0.2, -0.15) is 5.26 Å². The topological polar surface area (TPSA) is 35.8 Å². The minimum absolute atomic E-state index is 0.110. The van der Waals surface area contributed by atoms with Gasteiger partial charge in [0.15, 0.2) is 11.6 Å². The number of thiophene rings is 1. The summed E-state index contributed by atoms with van der Waals surface area (Å²) in [6, 6.07) is 6.60. The van der Waals surface area contributed by atoms with Gasteiger partial charge in [-0.1, -0.05) is 0 Å². The predicted octanol–water partition coefficient (Wildman–Crippen LogP) is 3.65. The predicted molar refractivity (Wildman–Crippen MR) is 62.7 cm³/mol. The first kappa shape index (κ1) is 12.5. The Balaban J connectivity index is 2.11. The first-order valence-corrected chi connectivity index (χ1v) is 5.79. The standard InChI is InChI=1S/C12H7F3N2S/c13-9-3-11(15)12(4-10(9)14)17-6-8-2-1-7(5-16)18-8/h1-4,17H,6H2. The van der Waals surface area contributed by atoms with Crippen LogP contribution in [0.25, 0.3) is 0 Å². The van der Waals surface area contributed by atoms with E-state index in [0.717, 1.165) is 10.9 Å². The monoisotopic (exact) mass is 268 g/mol. The number of rotatable bonds is 3. The van der Waals surface area contributed by atoms with Gasteiger partial charge in [0.05, 0.1) is 5.69 Å². The summed E-state index contributed by atoms with van der Waals surface area (Å²) in [6.07, 6.45) is 0. The molecule has 1 heterocycles. The van der Waals surface area contributed by atoms with Crippen LogP contribution in [0.4, 0.5) is 18.9 Å². The Hall–Kier alpha value is -2.00. The van der Waals surface area contributed by atoms with Crippen molar-refractivity contribution in [1.29, 1.82) is 5.26 Å². The maximum absolute atomic E-state index is 13.3. The molecule has 6 heteroatoms. The second-order valence-electron chi connectivity index (χ2n) is 3.48. The Bertz CT molecular complexity index is 616. The smallest absolute Gasteiger partial charge is 0.161 e. The average Bonchev–Trinajstić information content (AvgIpc) is 2.80. The maximum atomic E-state index is 13.3. The molecule has 0 amide bonds. The number of benzene rings is 1. The van der Waals surface area contributed by atoms with E-state index in [-0.39, 0.29) is 12.2 Å². The molecule has 92 valence electrons. The van der Waals surface area contributed by atoms with Gasteiger partial charge in [-0.15, -0.1) is 11.3 Å². The van der Waals surface area contributed by atoms with Crippen LogP contribution in [0.2, 0.25) is 0 Å². The molecule has 0 aliphatic heterocycles. The van der Waals surface area contributed by atoms with Crippen molar-refractivity contribution < 1.29 is 13.2 Å². The number of nitriles is 1. The van der Waals surface area contributed by atoms with Gasteiger partial charge in [0.25, 0.3) is 0 Å². The van der Waals surface area contributed by atoms with E-state index in [1.807, 2.05) is 6.07 Å². The Morgan fingerprint density at radius 2 is 1.83 bits per heavy atom. The van der Waals surface area contributed by atoms with Crippen LogP contribution in [0.3, 0.4) is 0 Å². The van der Waals surface area contributed by atoms with Crippen LogP contribution in [-0.2, 0) is 6.54 Å². The number of nitrogens with zero attached hydrogens (tertiary/aromatic N) is 1. The Morgan fingerprint density at radius 1 is 1.11 bits per heavy atom. The lowest BCUT2D eigenvalue weighted by atomic mass is 10.2. The number of hydrogen-bond donors (Lipinski definition) is 1. The maximum Gasteiger partial charge on any atom is 0.161 e. The highest BCUT2D eigenvalue weighted by molar-refractivity contribution is 7.12. The summed E-state index contributed by atoms with van der Waals surface area (Å²) in [5, 5.41) is 11.3. The van der Waals surface area contributed by atoms with Crippen LogP contribution in [0, 0.1) is 28.8 Å². The fraction of sp³-hybridized carbons (Fsp3) is 0.0833. The summed E-state index contributed by atoms with van der Waals surface area (Å²) in [6.45, 7) is 0.244. The van der Waals surface area contributed by atoms with Crippen molar-refractivity contribution in [1.82, 2.24) is 0 Å². The minimum Gasteiger partial charge on any atom is -0.378 e. The van der Waals surface area contributed by atoms with Gasteiger partial charge in [-0.3, -0.25) is 0 Å². The highest BCUT2D eigenvalue weighted by Crippen LogP contribution is 2.21. The van der Waals surface area contributed by atoms with Crippen LogP contribution in [0.15, 0.2) is 24.3 Å². The Kier molecular flexibility index (Phi) is 3.53. The van der Waals surface area contributed by atoms with Gasteiger partial charge in [0.1, 0.15) is 16.8 Å². The van der Waals surface area contributed by atoms with Crippen LogP contribution in [-0.4, -0.2) is 0 Å². The number of anilines is 1. The molecule has 0 saturated carbocycles. The zero-order chi connectivity index (χ0) is 13.1. The van der Waals surface area contributed by atoms with E-state index >= 15 is 0 Å².